The van der Waals surface area contributed by atoms with Crippen LogP contribution in [0.4, 0.5) is 0 Å². The van der Waals surface area contributed by atoms with Gasteiger partial charge < -0.3 is 0 Å². The fraction of sp³-hybridized carbons (Fsp3) is 0. The molecule has 0 aliphatic heterocycles. The van der Waals surface area contributed by atoms with Gasteiger partial charge in [0.1, 0.15) is 0 Å². The van der Waals surface area contributed by atoms with E-state index in [9.17, 15) is 0 Å². The predicted octanol–water partition coefficient (Wildman–Crippen LogP) is 8.09. The lowest BCUT2D eigenvalue weighted by atomic mass is 9.95. The minimum atomic E-state index is 1.10. The van der Waals surface area contributed by atoms with Gasteiger partial charge >= 0.3 is 0 Å². The van der Waals surface area contributed by atoms with Crippen LogP contribution >= 0.6 is 15.9 Å². The SMILES string of the molecule is Brc1ccc(-c2ccc3c(ccc4cc(-c5ccccc5)ccc43)c2)cc1. The third-order valence-corrected chi connectivity index (χ3v) is 5.65. The van der Waals surface area contributed by atoms with Crippen molar-refractivity contribution in [2.75, 3.05) is 0 Å². The van der Waals surface area contributed by atoms with E-state index in [1.54, 1.807) is 0 Å². The molecule has 0 aliphatic carbocycles. The van der Waals surface area contributed by atoms with Crippen LogP contribution < -0.4 is 0 Å². The molecule has 0 nitrogen and oxygen atoms in total. The van der Waals surface area contributed by atoms with Gasteiger partial charge in [0.2, 0.25) is 0 Å². The highest BCUT2D eigenvalue weighted by atomic mass is 79.9. The Labute approximate surface area is 167 Å². The second kappa shape index (κ2) is 6.68. The van der Waals surface area contributed by atoms with Crippen molar-refractivity contribution in [1.82, 2.24) is 0 Å². The molecule has 0 aromatic heterocycles. The minimum Gasteiger partial charge on any atom is -0.0622 e. The molecule has 5 aromatic rings. The minimum absolute atomic E-state index is 1.10. The van der Waals surface area contributed by atoms with Gasteiger partial charge in [-0.2, -0.15) is 0 Å². The molecule has 5 rings (SSSR count). The molecule has 5 aromatic carbocycles. The highest BCUT2D eigenvalue weighted by Gasteiger charge is 2.05. The van der Waals surface area contributed by atoms with E-state index in [2.05, 4.69) is 119 Å². The van der Waals surface area contributed by atoms with Crippen LogP contribution in [-0.2, 0) is 0 Å². The molecule has 0 bridgehead atoms. The predicted molar refractivity (Wildman–Crippen MR) is 120 cm³/mol. The number of hydrogen-bond acceptors (Lipinski definition) is 0. The Balaban J connectivity index is 1.63. The largest absolute Gasteiger partial charge is 0.0622 e. The first-order chi connectivity index (χ1) is 13.3. The number of halogens is 1. The zero-order valence-electron chi connectivity index (χ0n) is 14.7. The summed E-state index contributed by atoms with van der Waals surface area (Å²) in [7, 11) is 0. The van der Waals surface area contributed by atoms with Crippen LogP contribution in [0.5, 0.6) is 0 Å². The molecule has 0 saturated heterocycles. The maximum Gasteiger partial charge on any atom is 0.0175 e. The first kappa shape index (κ1) is 16.3. The molecule has 128 valence electrons. The molecule has 0 atom stereocenters. The average Bonchev–Trinajstić information content (AvgIpc) is 2.74. The van der Waals surface area contributed by atoms with E-state index in [0.29, 0.717) is 0 Å². The molecule has 0 heterocycles. The van der Waals surface area contributed by atoms with Crippen molar-refractivity contribution in [3.63, 3.8) is 0 Å². The molecule has 0 N–H and O–H groups in total. The van der Waals surface area contributed by atoms with Gasteiger partial charge in [0.15, 0.2) is 0 Å². The van der Waals surface area contributed by atoms with E-state index < -0.39 is 0 Å². The lowest BCUT2D eigenvalue weighted by Gasteiger charge is -2.09. The molecule has 0 unspecified atom stereocenters. The van der Waals surface area contributed by atoms with E-state index >= 15 is 0 Å². The van der Waals surface area contributed by atoms with Crippen molar-refractivity contribution in [1.29, 1.82) is 0 Å². The van der Waals surface area contributed by atoms with Crippen LogP contribution in [0.3, 0.4) is 0 Å². The Bertz CT molecular complexity index is 1250. The van der Waals surface area contributed by atoms with E-state index in [-0.39, 0.29) is 0 Å². The van der Waals surface area contributed by atoms with Gasteiger partial charge in [-0.1, -0.05) is 94.8 Å². The Morgan fingerprint density at radius 3 is 1.44 bits per heavy atom. The second-order valence-corrected chi connectivity index (χ2v) is 7.73. The molecule has 27 heavy (non-hydrogen) atoms. The van der Waals surface area contributed by atoms with Crippen molar-refractivity contribution < 1.29 is 0 Å². The number of hydrogen-bond donors (Lipinski definition) is 0. The zero-order chi connectivity index (χ0) is 18.2. The fourth-order valence-corrected chi connectivity index (χ4v) is 3.97. The molecule has 1 heteroatoms. The lowest BCUT2D eigenvalue weighted by Crippen LogP contribution is -1.83. The van der Waals surface area contributed by atoms with Gasteiger partial charge in [0.25, 0.3) is 0 Å². The lowest BCUT2D eigenvalue weighted by molar-refractivity contribution is 1.61. The summed E-state index contributed by atoms with van der Waals surface area (Å²) in [5.74, 6) is 0. The van der Waals surface area contributed by atoms with Crippen molar-refractivity contribution >= 4 is 37.5 Å². The summed E-state index contributed by atoms with van der Waals surface area (Å²) >= 11 is 3.51. The quantitative estimate of drug-likeness (QED) is 0.259. The Hall–Kier alpha value is -2.90. The molecule has 0 radical (unpaired) electrons. The van der Waals surface area contributed by atoms with E-state index in [4.69, 9.17) is 0 Å². The van der Waals surface area contributed by atoms with Crippen molar-refractivity contribution in [3.05, 3.63) is 108 Å². The van der Waals surface area contributed by atoms with Gasteiger partial charge in [-0.3, -0.25) is 0 Å². The summed E-state index contributed by atoms with van der Waals surface area (Å²) in [5, 5.41) is 5.15. The van der Waals surface area contributed by atoms with Crippen molar-refractivity contribution in [2.45, 2.75) is 0 Å². The van der Waals surface area contributed by atoms with Gasteiger partial charge in [0, 0.05) is 4.47 Å². The highest BCUT2D eigenvalue weighted by Crippen LogP contribution is 2.32. The monoisotopic (exact) mass is 408 g/mol. The van der Waals surface area contributed by atoms with Crippen molar-refractivity contribution in [3.8, 4) is 22.3 Å². The standard InChI is InChI=1S/C26H17Br/c27-24-12-8-19(9-13-24)21-11-15-26-23(17-21)7-6-22-16-20(10-14-25(22)26)18-4-2-1-3-5-18/h1-17H. The summed E-state index contributed by atoms with van der Waals surface area (Å²) in [6, 6.07) is 37.0. The Kier molecular flexibility index (Phi) is 4.03. The highest BCUT2D eigenvalue weighted by molar-refractivity contribution is 9.10. The van der Waals surface area contributed by atoms with Crippen LogP contribution in [-0.4, -0.2) is 0 Å². The summed E-state index contributed by atoms with van der Waals surface area (Å²) in [4.78, 5) is 0. The van der Waals surface area contributed by atoms with E-state index in [0.717, 1.165) is 4.47 Å². The smallest absolute Gasteiger partial charge is 0.0175 e. The van der Waals surface area contributed by atoms with Crippen LogP contribution in [0.1, 0.15) is 0 Å². The topological polar surface area (TPSA) is 0 Å². The van der Waals surface area contributed by atoms with Crippen molar-refractivity contribution in [2.24, 2.45) is 0 Å². The first-order valence-corrected chi connectivity index (χ1v) is 9.85. The average molecular weight is 409 g/mol. The van der Waals surface area contributed by atoms with Crippen LogP contribution in [0, 0.1) is 0 Å². The Morgan fingerprint density at radius 1 is 0.407 bits per heavy atom. The molecule has 0 saturated carbocycles. The van der Waals surface area contributed by atoms with Crippen LogP contribution in [0.2, 0.25) is 0 Å². The molecular weight excluding hydrogens is 392 g/mol. The second-order valence-electron chi connectivity index (χ2n) is 6.81. The summed E-state index contributed by atoms with van der Waals surface area (Å²) in [6.07, 6.45) is 0. The maximum absolute atomic E-state index is 3.51. The zero-order valence-corrected chi connectivity index (χ0v) is 16.3. The van der Waals surface area contributed by atoms with Crippen LogP contribution in [0.15, 0.2) is 108 Å². The van der Waals surface area contributed by atoms with Gasteiger partial charge in [-0.15, -0.1) is 0 Å². The number of fused-ring (bicyclic) bond motifs is 3. The molecular formula is C26H17Br. The molecule has 0 aliphatic rings. The van der Waals surface area contributed by atoms with Gasteiger partial charge in [-0.05, 0) is 68.1 Å². The maximum atomic E-state index is 3.51. The first-order valence-electron chi connectivity index (χ1n) is 9.06. The van der Waals surface area contributed by atoms with Gasteiger partial charge in [0.05, 0.1) is 0 Å². The number of rotatable bonds is 2. The summed E-state index contributed by atoms with van der Waals surface area (Å²) in [5.41, 5.74) is 4.99. The fourth-order valence-electron chi connectivity index (χ4n) is 3.70. The summed E-state index contributed by atoms with van der Waals surface area (Å²) in [6.45, 7) is 0. The van der Waals surface area contributed by atoms with E-state index in [1.807, 2.05) is 0 Å². The third-order valence-electron chi connectivity index (χ3n) is 5.12. The molecule has 0 amide bonds. The number of benzene rings is 5. The molecule has 0 fully saturated rings. The van der Waals surface area contributed by atoms with Gasteiger partial charge in [-0.25, -0.2) is 0 Å². The normalized spacial score (nSPS) is 11.1. The van der Waals surface area contributed by atoms with E-state index in [1.165, 1.54) is 43.8 Å². The third kappa shape index (κ3) is 3.05. The molecule has 0 spiro atoms. The Morgan fingerprint density at radius 2 is 0.889 bits per heavy atom. The summed E-state index contributed by atoms with van der Waals surface area (Å²) < 4.78 is 1.10. The van der Waals surface area contributed by atoms with Crippen LogP contribution in [0.25, 0.3) is 43.8 Å².